The first-order valence-corrected chi connectivity index (χ1v) is 5.48. The van der Waals surface area contributed by atoms with Gasteiger partial charge in [-0.05, 0) is 18.8 Å². The van der Waals surface area contributed by atoms with E-state index in [1.54, 1.807) is 0 Å². The number of nitrogens with two attached hydrogens (primary N) is 1. The van der Waals surface area contributed by atoms with Crippen LogP contribution < -0.4 is 5.73 Å². The lowest BCUT2D eigenvalue weighted by Gasteiger charge is -2.17. The first kappa shape index (κ1) is 10.0. The highest BCUT2D eigenvalue weighted by atomic mass is 15.2. The fourth-order valence-corrected chi connectivity index (χ4v) is 2.51. The molecule has 1 atom stereocenters. The number of nitrogen functional groups attached to an aromatic ring is 1. The highest BCUT2D eigenvalue weighted by Crippen LogP contribution is 2.37. The Bertz CT molecular complexity index is 382. The van der Waals surface area contributed by atoms with Gasteiger partial charge in [-0.15, -0.1) is 0 Å². The molecule has 0 aliphatic heterocycles. The number of nitrogens with zero attached hydrogens (tertiary/aromatic N) is 2. The SMILES string of the molecule is CC(c1[nH]nc(N)c1C#N)C1CCCC1. The zero-order valence-corrected chi connectivity index (χ0v) is 8.95. The van der Waals surface area contributed by atoms with Crippen LogP contribution >= 0.6 is 0 Å². The van der Waals surface area contributed by atoms with Crippen molar-refractivity contribution in [3.05, 3.63) is 11.3 Å². The van der Waals surface area contributed by atoms with Crippen LogP contribution in [0.3, 0.4) is 0 Å². The van der Waals surface area contributed by atoms with Crippen molar-refractivity contribution < 1.29 is 0 Å². The number of anilines is 1. The Hall–Kier alpha value is -1.50. The lowest BCUT2D eigenvalue weighted by molar-refractivity contribution is 0.452. The van der Waals surface area contributed by atoms with Crippen LogP contribution in [0.15, 0.2) is 0 Å². The molecule has 0 aromatic carbocycles. The van der Waals surface area contributed by atoms with Crippen molar-refractivity contribution in [2.75, 3.05) is 5.73 Å². The van der Waals surface area contributed by atoms with Gasteiger partial charge in [0.25, 0.3) is 0 Å². The Labute approximate surface area is 89.5 Å². The maximum Gasteiger partial charge on any atom is 0.163 e. The minimum atomic E-state index is 0.331. The summed E-state index contributed by atoms with van der Waals surface area (Å²) in [4.78, 5) is 0. The molecule has 0 saturated heterocycles. The lowest BCUT2D eigenvalue weighted by Crippen LogP contribution is -2.08. The quantitative estimate of drug-likeness (QED) is 0.774. The van der Waals surface area contributed by atoms with E-state index in [1.165, 1.54) is 25.7 Å². The normalized spacial score (nSPS) is 18.9. The molecule has 1 aromatic heterocycles. The molecule has 1 unspecified atom stereocenters. The molecule has 0 amide bonds. The van der Waals surface area contributed by atoms with E-state index in [0.717, 1.165) is 5.69 Å². The molecule has 1 aliphatic rings. The van der Waals surface area contributed by atoms with Crippen LogP contribution in [0, 0.1) is 17.2 Å². The van der Waals surface area contributed by atoms with E-state index in [-0.39, 0.29) is 0 Å². The van der Waals surface area contributed by atoms with Crippen molar-refractivity contribution in [1.29, 1.82) is 5.26 Å². The van der Waals surface area contributed by atoms with Crippen LogP contribution in [0.5, 0.6) is 0 Å². The molecular formula is C11H16N4. The van der Waals surface area contributed by atoms with Crippen molar-refractivity contribution >= 4 is 5.82 Å². The molecule has 0 radical (unpaired) electrons. The molecule has 1 aliphatic carbocycles. The third kappa shape index (κ3) is 1.70. The summed E-state index contributed by atoms with van der Waals surface area (Å²) in [5.74, 6) is 1.38. The summed E-state index contributed by atoms with van der Waals surface area (Å²) < 4.78 is 0. The minimum absolute atomic E-state index is 0.331. The summed E-state index contributed by atoms with van der Waals surface area (Å²) >= 11 is 0. The van der Waals surface area contributed by atoms with Crippen LogP contribution in [0.2, 0.25) is 0 Å². The largest absolute Gasteiger partial charge is 0.381 e. The first-order valence-electron chi connectivity index (χ1n) is 5.48. The Kier molecular flexibility index (Phi) is 2.63. The zero-order chi connectivity index (χ0) is 10.8. The zero-order valence-electron chi connectivity index (χ0n) is 8.95. The molecule has 4 nitrogen and oxygen atoms in total. The number of nitriles is 1. The van der Waals surface area contributed by atoms with Crippen molar-refractivity contribution in [3.63, 3.8) is 0 Å². The van der Waals surface area contributed by atoms with Gasteiger partial charge in [0.15, 0.2) is 5.82 Å². The average molecular weight is 204 g/mol. The number of hydrogen-bond acceptors (Lipinski definition) is 3. The fraction of sp³-hybridized carbons (Fsp3) is 0.636. The van der Waals surface area contributed by atoms with Gasteiger partial charge in [-0.25, -0.2) is 0 Å². The number of H-pyrrole nitrogens is 1. The summed E-state index contributed by atoms with van der Waals surface area (Å²) in [6.45, 7) is 2.16. The number of nitrogens with one attached hydrogen (secondary N) is 1. The van der Waals surface area contributed by atoms with Crippen LogP contribution in [0.25, 0.3) is 0 Å². The lowest BCUT2D eigenvalue weighted by atomic mass is 9.88. The second-order valence-corrected chi connectivity index (χ2v) is 4.34. The van der Waals surface area contributed by atoms with Crippen LogP contribution in [0.1, 0.15) is 49.8 Å². The Balaban J connectivity index is 2.25. The summed E-state index contributed by atoms with van der Waals surface area (Å²) in [7, 11) is 0. The number of aromatic amines is 1. The van der Waals surface area contributed by atoms with Crippen LogP contribution in [-0.2, 0) is 0 Å². The number of hydrogen-bond donors (Lipinski definition) is 2. The molecule has 1 saturated carbocycles. The van der Waals surface area contributed by atoms with E-state index >= 15 is 0 Å². The van der Waals surface area contributed by atoms with Gasteiger partial charge in [0.2, 0.25) is 0 Å². The molecular weight excluding hydrogens is 188 g/mol. The fourth-order valence-electron chi connectivity index (χ4n) is 2.51. The van der Waals surface area contributed by atoms with Gasteiger partial charge in [0.1, 0.15) is 11.6 Å². The van der Waals surface area contributed by atoms with E-state index < -0.39 is 0 Å². The van der Waals surface area contributed by atoms with E-state index in [2.05, 4.69) is 23.2 Å². The molecule has 4 heteroatoms. The molecule has 0 bridgehead atoms. The molecule has 1 aromatic rings. The summed E-state index contributed by atoms with van der Waals surface area (Å²) in [5.41, 5.74) is 7.08. The van der Waals surface area contributed by atoms with Gasteiger partial charge in [-0.2, -0.15) is 10.4 Å². The highest BCUT2D eigenvalue weighted by Gasteiger charge is 2.26. The van der Waals surface area contributed by atoms with Gasteiger partial charge in [-0.1, -0.05) is 19.8 Å². The third-order valence-electron chi connectivity index (χ3n) is 3.50. The summed E-state index contributed by atoms with van der Waals surface area (Å²) in [5, 5.41) is 15.8. The topological polar surface area (TPSA) is 78.5 Å². The smallest absolute Gasteiger partial charge is 0.163 e. The summed E-state index contributed by atoms with van der Waals surface area (Å²) in [6, 6.07) is 2.13. The van der Waals surface area contributed by atoms with Crippen molar-refractivity contribution in [3.8, 4) is 6.07 Å². The molecule has 1 heterocycles. The Morgan fingerprint density at radius 2 is 2.20 bits per heavy atom. The van der Waals surface area contributed by atoms with Gasteiger partial charge in [-0.3, -0.25) is 5.10 Å². The first-order chi connectivity index (χ1) is 7.24. The summed E-state index contributed by atoms with van der Waals surface area (Å²) in [6.07, 6.45) is 5.12. The van der Waals surface area contributed by atoms with Crippen LogP contribution in [-0.4, -0.2) is 10.2 Å². The monoisotopic (exact) mass is 204 g/mol. The number of aromatic nitrogens is 2. The predicted octanol–water partition coefficient (Wildman–Crippen LogP) is 2.16. The van der Waals surface area contributed by atoms with Crippen molar-refractivity contribution in [1.82, 2.24) is 10.2 Å². The minimum Gasteiger partial charge on any atom is -0.381 e. The highest BCUT2D eigenvalue weighted by molar-refractivity contribution is 5.51. The molecule has 80 valence electrons. The van der Waals surface area contributed by atoms with E-state index in [9.17, 15) is 0 Å². The molecule has 2 rings (SSSR count). The van der Waals surface area contributed by atoms with Crippen molar-refractivity contribution in [2.45, 2.75) is 38.5 Å². The molecule has 15 heavy (non-hydrogen) atoms. The maximum atomic E-state index is 8.99. The van der Waals surface area contributed by atoms with Crippen LogP contribution in [0.4, 0.5) is 5.82 Å². The maximum absolute atomic E-state index is 8.99. The Morgan fingerprint density at radius 1 is 1.53 bits per heavy atom. The van der Waals surface area contributed by atoms with E-state index in [4.69, 9.17) is 11.0 Å². The van der Waals surface area contributed by atoms with E-state index in [0.29, 0.717) is 23.2 Å². The van der Waals surface area contributed by atoms with Gasteiger partial charge in [0.05, 0.1) is 5.69 Å². The van der Waals surface area contributed by atoms with E-state index in [1.807, 2.05) is 0 Å². The standard InChI is InChI=1S/C11H16N4/c1-7(8-4-2-3-5-8)10-9(6-12)11(13)15-14-10/h7-8H,2-5H2,1H3,(H3,13,14,15). The van der Waals surface area contributed by atoms with Gasteiger partial charge >= 0.3 is 0 Å². The van der Waals surface area contributed by atoms with Gasteiger partial charge in [0, 0.05) is 5.92 Å². The average Bonchev–Trinajstić information content (AvgIpc) is 2.85. The number of rotatable bonds is 2. The van der Waals surface area contributed by atoms with Gasteiger partial charge < -0.3 is 5.73 Å². The Morgan fingerprint density at radius 3 is 2.80 bits per heavy atom. The van der Waals surface area contributed by atoms with Crippen molar-refractivity contribution in [2.24, 2.45) is 5.92 Å². The second kappa shape index (κ2) is 3.93. The molecule has 3 N–H and O–H groups in total. The third-order valence-corrected chi connectivity index (χ3v) is 3.50. The molecule has 0 spiro atoms. The molecule has 1 fully saturated rings. The second-order valence-electron chi connectivity index (χ2n) is 4.34. The predicted molar refractivity (Wildman–Crippen MR) is 58.1 cm³/mol.